The summed E-state index contributed by atoms with van der Waals surface area (Å²) in [5.41, 5.74) is 1.14. The zero-order chi connectivity index (χ0) is 11.1. The molecule has 1 rings (SSSR count). The Morgan fingerprint density at radius 1 is 1.47 bits per heavy atom. The number of likely N-dealkylation sites (N-methyl/N-ethyl adjacent to an activating group) is 1. The van der Waals surface area contributed by atoms with Gasteiger partial charge in [-0.2, -0.15) is 5.10 Å². The van der Waals surface area contributed by atoms with Gasteiger partial charge >= 0.3 is 0 Å². The second-order valence-corrected chi connectivity index (χ2v) is 3.85. The van der Waals surface area contributed by atoms with Gasteiger partial charge in [-0.15, -0.1) is 0 Å². The lowest BCUT2D eigenvalue weighted by Crippen LogP contribution is -2.38. The summed E-state index contributed by atoms with van der Waals surface area (Å²) in [4.78, 5) is 2.42. The lowest BCUT2D eigenvalue weighted by molar-refractivity contribution is 0.270. The number of rotatable bonds is 7. The molecule has 1 heterocycles. The largest absolute Gasteiger partial charge is 0.307 e. The van der Waals surface area contributed by atoms with E-state index in [1.165, 1.54) is 0 Å². The Balaban J connectivity index is 2.21. The van der Waals surface area contributed by atoms with Crippen molar-refractivity contribution < 1.29 is 0 Å². The van der Waals surface area contributed by atoms with Crippen molar-refractivity contribution in [1.29, 1.82) is 0 Å². The van der Waals surface area contributed by atoms with Crippen molar-refractivity contribution in [3.8, 4) is 0 Å². The molecule has 1 unspecified atom stereocenters. The minimum atomic E-state index is 0.508. The summed E-state index contributed by atoms with van der Waals surface area (Å²) in [6.07, 6.45) is 1.78. The number of aromatic nitrogens is 2. The summed E-state index contributed by atoms with van der Waals surface area (Å²) < 4.78 is 0. The zero-order valence-corrected chi connectivity index (χ0v) is 9.95. The molecule has 4 heteroatoms. The second-order valence-electron chi connectivity index (χ2n) is 3.85. The van der Waals surface area contributed by atoms with Crippen LogP contribution in [-0.2, 0) is 6.54 Å². The highest BCUT2D eigenvalue weighted by Crippen LogP contribution is 1.95. The molecule has 0 aliphatic carbocycles. The quantitative estimate of drug-likeness (QED) is 0.711. The van der Waals surface area contributed by atoms with E-state index in [1.54, 1.807) is 6.20 Å². The molecule has 0 radical (unpaired) electrons. The highest BCUT2D eigenvalue weighted by molar-refractivity contribution is 4.96. The van der Waals surface area contributed by atoms with E-state index in [1.807, 2.05) is 6.07 Å². The Labute approximate surface area is 92.1 Å². The monoisotopic (exact) mass is 210 g/mol. The van der Waals surface area contributed by atoms with Gasteiger partial charge in [0, 0.05) is 31.0 Å². The van der Waals surface area contributed by atoms with Crippen molar-refractivity contribution in [2.24, 2.45) is 0 Å². The molecule has 0 saturated carbocycles. The maximum absolute atomic E-state index is 3.92. The van der Waals surface area contributed by atoms with E-state index < -0.39 is 0 Å². The first-order valence-electron chi connectivity index (χ1n) is 5.70. The molecule has 1 aromatic rings. The lowest BCUT2D eigenvalue weighted by atomic mass is 10.3. The van der Waals surface area contributed by atoms with Gasteiger partial charge in [-0.25, -0.2) is 0 Å². The van der Waals surface area contributed by atoms with Crippen LogP contribution in [0.5, 0.6) is 0 Å². The van der Waals surface area contributed by atoms with Crippen molar-refractivity contribution >= 4 is 0 Å². The molecule has 0 aromatic carbocycles. The van der Waals surface area contributed by atoms with E-state index in [0.717, 1.165) is 31.9 Å². The molecule has 0 aliphatic heterocycles. The van der Waals surface area contributed by atoms with Crippen LogP contribution in [0.4, 0.5) is 0 Å². The van der Waals surface area contributed by atoms with Gasteiger partial charge < -0.3 is 10.2 Å². The van der Waals surface area contributed by atoms with Crippen LogP contribution < -0.4 is 5.32 Å². The van der Waals surface area contributed by atoms with Crippen molar-refractivity contribution in [1.82, 2.24) is 20.4 Å². The molecular weight excluding hydrogens is 188 g/mol. The fourth-order valence-electron chi connectivity index (χ4n) is 1.60. The maximum Gasteiger partial charge on any atom is 0.0490 e. The summed E-state index contributed by atoms with van der Waals surface area (Å²) in [6.45, 7) is 10.8. The first kappa shape index (κ1) is 12.2. The smallest absolute Gasteiger partial charge is 0.0490 e. The molecule has 86 valence electrons. The number of aromatic amines is 1. The molecule has 0 aliphatic rings. The second kappa shape index (κ2) is 6.58. The Kier molecular flexibility index (Phi) is 5.36. The van der Waals surface area contributed by atoms with Crippen LogP contribution in [0.2, 0.25) is 0 Å². The van der Waals surface area contributed by atoms with E-state index in [9.17, 15) is 0 Å². The zero-order valence-electron chi connectivity index (χ0n) is 9.95. The molecule has 1 aromatic heterocycles. The highest BCUT2D eigenvalue weighted by atomic mass is 15.1. The molecule has 0 fully saturated rings. The van der Waals surface area contributed by atoms with Gasteiger partial charge in [0.15, 0.2) is 0 Å². The van der Waals surface area contributed by atoms with E-state index >= 15 is 0 Å². The highest BCUT2D eigenvalue weighted by Gasteiger charge is 2.06. The van der Waals surface area contributed by atoms with Crippen LogP contribution in [0, 0.1) is 0 Å². The first-order chi connectivity index (χ1) is 7.26. The Morgan fingerprint density at radius 2 is 2.20 bits per heavy atom. The Morgan fingerprint density at radius 3 is 2.73 bits per heavy atom. The fourth-order valence-corrected chi connectivity index (χ4v) is 1.60. The number of hydrogen-bond donors (Lipinski definition) is 2. The number of nitrogens with one attached hydrogen (secondary N) is 2. The molecule has 0 bridgehead atoms. The summed E-state index contributed by atoms with van der Waals surface area (Å²) >= 11 is 0. The summed E-state index contributed by atoms with van der Waals surface area (Å²) in [5, 5.41) is 10.3. The average molecular weight is 210 g/mol. The lowest BCUT2D eigenvalue weighted by Gasteiger charge is -2.23. The third kappa shape index (κ3) is 4.44. The SMILES string of the molecule is CCN(CC)CC(C)NCc1ccn[nH]1. The van der Waals surface area contributed by atoms with Gasteiger partial charge in [0.05, 0.1) is 0 Å². The molecular formula is C11H22N4. The first-order valence-corrected chi connectivity index (χ1v) is 5.70. The fraction of sp³-hybridized carbons (Fsp3) is 0.727. The Hall–Kier alpha value is -0.870. The van der Waals surface area contributed by atoms with E-state index in [2.05, 4.69) is 41.2 Å². The van der Waals surface area contributed by atoms with Crippen molar-refractivity contribution in [2.45, 2.75) is 33.4 Å². The summed E-state index contributed by atoms with van der Waals surface area (Å²) in [5.74, 6) is 0. The van der Waals surface area contributed by atoms with E-state index in [4.69, 9.17) is 0 Å². The average Bonchev–Trinajstić information content (AvgIpc) is 2.75. The van der Waals surface area contributed by atoms with E-state index in [0.29, 0.717) is 6.04 Å². The van der Waals surface area contributed by atoms with Crippen molar-refractivity contribution in [2.75, 3.05) is 19.6 Å². The molecule has 0 saturated heterocycles. The summed E-state index contributed by atoms with van der Waals surface area (Å²) in [6, 6.07) is 2.50. The van der Waals surface area contributed by atoms with E-state index in [-0.39, 0.29) is 0 Å². The van der Waals surface area contributed by atoms with Gasteiger partial charge in [-0.3, -0.25) is 5.10 Å². The van der Waals surface area contributed by atoms with Crippen molar-refractivity contribution in [3.05, 3.63) is 18.0 Å². The molecule has 0 spiro atoms. The number of nitrogens with zero attached hydrogens (tertiary/aromatic N) is 2. The van der Waals surface area contributed by atoms with Gasteiger partial charge in [0.2, 0.25) is 0 Å². The molecule has 0 amide bonds. The van der Waals surface area contributed by atoms with Crippen LogP contribution in [0.15, 0.2) is 12.3 Å². The van der Waals surface area contributed by atoms with Crippen LogP contribution >= 0.6 is 0 Å². The van der Waals surface area contributed by atoms with Gasteiger partial charge in [-0.1, -0.05) is 13.8 Å². The van der Waals surface area contributed by atoms with Crippen LogP contribution in [0.1, 0.15) is 26.5 Å². The summed E-state index contributed by atoms with van der Waals surface area (Å²) in [7, 11) is 0. The maximum atomic E-state index is 3.92. The predicted molar refractivity (Wildman–Crippen MR) is 62.7 cm³/mol. The van der Waals surface area contributed by atoms with Gasteiger partial charge in [0.1, 0.15) is 0 Å². The van der Waals surface area contributed by atoms with Crippen LogP contribution in [0.25, 0.3) is 0 Å². The minimum Gasteiger partial charge on any atom is -0.307 e. The Bertz CT molecular complexity index is 241. The number of hydrogen-bond acceptors (Lipinski definition) is 3. The molecule has 15 heavy (non-hydrogen) atoms. The third-order valence-corrected chi connectivity index (χ3v) is 2.63. The molecule has 1 atom stereocenters. The van der Waals surface area contributed by atoms with Crippen LogP contribution in [0.3, 0.4) is 0 Å². The predicted octanol–water partition coefficient (Wildman–Crippen LogP) is 1.23. The molecule has 2 N–H and O–H groups in total. The van der Waals surface area contributed by atoms with Gasteiger partial charge in [-0.05, 0) is 26.1 Å². The third-order valence-electron chi connectivity index (χ3n) is 2.63. The minimum absolute atomic E-state index is 0.508. The van der Waals surface area contributed by atoms with Crippen molar-refractivity contribution in [3.63, 3.8) is 0 Å². The van der Waals surface area contributed by atoms with Crippen LogP contribution in [-0.4, -0.2) is 40.8 Å². The topological polar surface area (TPSA) is 44.0 Å². The van der Waals surface area contributed by atoms with Gasteiger partial charge in [0.25, 0.3) is 0 Å². The number of H-pyrrole nitrogens is 1. The normalized spacial score (nSPS) is 13.3. The standard InChI is InChI=1S/C11H22N4/c1-4-15(5-2)9-10(3)12-8-11-6-7-13-14-11/h6-7,10,12H,4-5,8-9H2,1-3H3,(H,13,14). The molecule has 4 nitrogen and oxygen atoms in total.